The van der Waals surface area contributed by atoms with E-state index in [0.29, 0.717) is 19.6 Å². The molecule has 1 aliphatic rings. The summed E-state index contributed by atoms with van der Waals surface area (Å²) in [6.07, 6.45) is -0.262. The number of rotatable bonds is 4. The number of nitrogens with zero attached hydrogens (tertiary/aromatic N) is 1. The molecule has 0 aromatic carbocycles. The van der Waals surface area contributed by atoms with Crippen molar-refractivity contribution in [1.82, 2.24) is 4.90 Å². The zero-order chi connectivity index (χ0) is 13.9. The normalized spacial score (nSPS) is 19.6. The topological polar surface area (TPSA) is 55.8 Å². The van der Waals surface area contributed by atoms with Crippen LogP contribution in [-0.4, -0.2) is 43.3 Å². The van der Waals surface area contributed by atoms with Gasteiger partial charge in [-0.15, -0.1) is 0 Å². The molecule has 1 rings (SSSR count). The summed E-state index contributed by atoms with van der Waals surface area (Å²) in [5.74, 6) is -0.132. The van der Waals surface area contributed by atoms with Crippen LogP contribution in [0.25, 0.3) is 0 Å². The second kappa shape index (κ2) is 5.69. The van der Waals surface area contributed by atoms with Gasteiger partial charge in [0, 0.05) is 13.5 Å². The lowest BCUT2D eigenvalue weighted by Crippen LogP contribution is -2.39. The fraction of sp³-hybridized carbons (Fsp3) is 0.846. The third-order valence-electron chi connectivity index (χ3n) is 3.18. The number of methoxy groups -OCH3 is 1. The number of imide groups is 1. The van der Waals surface area contributed by atoms with Gasteiger partial charge >= 0.3 is 6.09 Å². The first-order valence-corrected chi connectivity index (χ1v) is 6.27. The third kappa shape index (κ3) is 3.45. The maximum Gasteiger partial charge on any atom is 0.416 e. The summed E-state index contributed by atoms with van der Waals surface area (Å²) in [7, 11) is 1.65. The Balaban J connectivity index is 2.60. The summed E-state index contributed by atoms with van der Waals surface area (Å²) in [5, 5.41) is 0. The summed E-state index contributed by atoms with van der Waals surface area (Å²) in [4.78, 5) is 24.4. The Morgan fingerprint density at radius 3 is 2.50 bits per heavy atom. The molecule has 1 heterocycles. The lowest BCUT2D eigenvalue weighted by atomic mass is 9.80. The van der Waals surface area contributed by atoms with Gasteiger partial charge in [-0.2, -0.15) is 0 Å². The van der Waals surface area contributed by atoms with Crippen LogP contribution in [0.2, 0.25) is 0 Å². The number of hydrogen-bond acceptors (Lipinski definition) is 4. The molecule has 0 radical (unpaired) electrons. The van der Waals surface area contributed by atoms with E-state index in [0.717, 1.165) is 0 Å². The van der Waals surface area contributed by atoms with E-state index >= 15 is 0 Å². The van der Waals surface area contributed by atoms with Gasteiger partial charge in [-0.3, -0.25) is 4.79 Å². The predicted octanol–water partition coefficient (Wildman–Crippen LogP) is 2.05. The van der Waals surface area contributed by atoms with Crippen molar-refractivity contribution in [2.75, 3.05) is 20.3 Å². The van der Waals surface area contributed by atoms with Crippen LogP contribution in [0.4, 0.5) is 4.79 Å². The van der Waals surface area contributed by atoms with Crippen LogP contribution < -0.4 is 0 Å². The zero-order valence-electron chi connectivity index (χ0n) is 11.9. The van der Waals surface area contributed by atoms with Crippen LogP contribution in [0, 0.1) is 11.3 Å². The van der Waals surface area contributed by atoms with Crippen molar-refractivity contribution in [1.29, 1.82) is 0 Å². The predicted molar refractivity (Wildman–Crippen MR) is 67.1 cm³/mol. The lowest BCUT2D eigenvalue weighted by Gasteiger charge is -2.34. The lowest BCUT2D eigenvalue weighted by molar-refractivity contribution is -0.130. The standard InChI is InChI=1S/C13H23NO4/c1-9(11(17-5)13(2,3)4)8-10(15)14-6-7-18-12(14)16/h9,11H,6-8H2,1-5H3. The average molecular weight is 257 g/mol. The molecule has 0 aromatic heterocycles. The molecule has 0 aliphatic carbocycles. The van der Waals surface area contributed by atoms with E-state index in [-0.39, 0.29) is 23.3 Å². The molecule has 1 fully saturated rings. The molecule has 0 spiro atoms. The quantitative estimate of drug-likeness (QED) is 0.773. The van der Waals surface area contributed by atoms with Gasteiger partial charge in [0.1, 0.15) is 6.61 Å². The Labute approximate surface area is 108 Å². The molecule has 5 nitrogen and oxygen atoms in total. The molecule has 5 heteroatoms. The van der Waals surface area contributed by atoms with Crippen molar-refractivity contribution >= 4 is 12.0 Å². The van der Waals surface area contributed by atoms with Crippen LogP contribution in [0.15, 0.2) is 0 Å². The number of carbonyl (C=O) groups excluding carboxylic acids is 2. The summed E-state index contributed by atoms with van der Waals surface area (Å²) in [6, 6.07) is 0. The fourth-order valence-corrected chi connectivity index (χ4v) is 2.55. The number of hydrogen-bond donors (Lipinski definition) is 0. The maximum absolute atomic E-state index is 12.0. The monoisotopic (exact) mass is 257 g/mol. The van der Waals surface area contributed by atoms with Crippen molar-refractivity contribution in [3.8, 4) is 0 Å². The van der Waals surface area contributed by atoms with Gasteiger partial charge in [0.25, 0.3) is 0 Å². The molecule has 1 aliphatic heterocycles. The third-order valence-corrected chi connectivity index (χ3v) is 3.18. The van der Waals surface area contributed by atoms with Crippen LogP contribution in [0.1, 0.15) is 34.1 Å². The molecule has 1 saturated heterocycles. The van der Waals surface area contributed by atoms with Crippen LogP contribution in [0.5, 0.6) is 0 Å². The first kappa shape index (κ1) is 15.0. The molecule has 2 unspecified atom stereocenters. The summed E-state index contributed by atoms with van der Waals surface area (Å²) >= 11 is 0. The second-order valence-electron chi connectivity index (χ2n) is 5.86. The molecular formula is C13H23NO4. The number of carbonyl (C=O) groups is 2. The molecule has 0 bridgehead atoms. The van der Waals surface area contributed by atoms with Gasteiger partial charge in [-0.05, 0) is 11.3 Å². The Morgan fingerprint density at radius 1 is 1.50 bits per heavy atom. The molecule has 18 heavy (non-hydrogen) atoms. The van der Waals surface area contributed by atoms with Crippen LogP contribution in [0.3, 0.4) is 0 Å². The molecule has 2 amide bonds. The van der Waals surface area contributed by atoms with E-state index in [2.05, 4.69) is 20.8 Å². The summed E-state index contributed by atoms with van der Waals surface area (Å²) in [5.41, 5.74) is -0.0417. The Hall–Kier alpha value is -1.10. The number of cyclic esters (lactones) is 1. The fourth-order valence-electron chi connectivity index (χ4n) is 2.55. The average Bonchev–Trinajstić information content (AvgIpc) is 2.62. The highest BCUT2D eigenvalue weighted by Crippen LogP contribution is 2.30. The van der Waals surface area contributed by atoms with Gasteiger partial charge < -0.3 is 9.47 Å². The molecule has 0 N–H and O–H groups in total. The van der Waals surface area contributed by atoms with Crippen molar-refractivity contribution < 1.29 is 19.1 Å². The Bertz CT molecular complexity index is 321. The number of amides is 2. The maximum atomic E-state index is 12.0. The SMILES string of the molecule is COC(C(C)CC(=O)N1CCOC1=O)C(C)(C)C. The van der Waals surface area contributed by atoms with E-state index in [1.54, 1.807) is 7.11 Å². The van der Waals surface area contributed by atoms with Gasteiger partial charge in [0.15, 0.2) is 0 Å². The minimum Gasteiger partial charge on any atom is -0.447 e. The molecular weight excluding hydrogens is 234 g/mol. The highest BCUT2D eigenvalue weighted by atomic mass is 16.6. The molecule has 104 valence electrons. The van der Waals surface area contributed by atoms with Crippen LogP contribution in [-0.2, 0) is 14.3 Å². The van der Waals surface area contributed by atoms with E-state index < -0.39 is 6.09 Å². The second-order valence-corrected chi connectivity index (χ2v) is 5.86. The zero-order valence-corrected chi connectivity index (χ0v) is 11.9. The number of ether oxygens (including phenoxy) is 2. The van der Waals surface area contributed by atoms with Crippen molar-refractivity contribution in [2.24, 2.45) is 11.3 Å². The highest BCUT2D eigenvalue weighted by molar-refractivity contribution is 5.93. The van der Waals surface area contributed by atoms with E-state index in [4.69, 9.17) is 9.47 Å². The largest absolute Gasteiger partial charge is 0.447 e. The summed E-state index contributed by atoms with van der Waals surface area (Å²) in [6.45, 7) is 8.85. The Morgan fingerprint density at radius 2 is 2.11 bits per heavy atom. The van der Waals surface area contributed by atoms with Crippen molar-refractivity contribution in [2.45, 2.75) is 40.2 Å². The van der Waals surface area contributed by atoms with Crippen molar-refractivity contribution in [3.05, 3.63) is 0 Å². The van der Waals surface area contributed by atoms with Crippen LogP contribution >= 0.6 is 0 Å². The first-order chi connectivity index (χ1) is 8.27. The minimum absolute atomic E-state index is 0.0277. The summed E-state index contributed by atoms with van der Waals surface area (Å²) < 4.78 is 10.2. The van der Waals surface area contributed by atoms with E-state index in [1.165, 1.54) is 4.90 Å². The molecule has 0 saturated carbocycles. The van der Waals surface area contributed by atoms with E-state index in [1.807, 2.05) is 6.92 Å². The van der Waals surface area contributed by atoms with E-state index in [9.17, 15) is 9.59 Å². The molecule has 0 aromatic rings. The van der Waals surface area contributed by atoms with Gasteiger partial charge in [-0.1, -0.05) is 27.7 Å². The van der Waals surface area contributed by atoms with Gasteiger partial charge in [-0.25, -0.2) is 9.69 Å². The van der Waals surface area contributed by atoms with Gasteiger partial charge in [0.05, 0.1) is 12.6 Å². The highest BCUT2D eigenvalue weighted by Gasteiger charge is 2.34. The molecule has 2 atom stereocenters. The van der Waals surface area contributed by atoms with Gasteiger partial charge in [0.2, 0.25) is 5.91 Å². The minimum atomic E-state index is -0.531. The Kier molecular flexibility index (Phi) is 4.73. The first-order valence-electron chi connectivity index (χ1n) is 6.27. The smallest absolute Gasteiger partial charge is 0.416 e. The van der Waals surface area contributed by atoms with Crippen molar-refractivity contribution in [3.63, 3.8) is 0 Å².